The monoisotopic (exact) mass is 245 g/mol. The first-order valence-corrected chi connectivity index (χ1v) is 6.06. The molecule has 0 heterocycles. The van der Waals surface area contributed by atoms with Gasteiger partial charge in [-0.15, -0.1) is 0 Å². The van der Waals surface area contributed by atoms with Gasteiger partial charge in [-0.1, -0.05) is 12.1 Å². The molecule has 0 fully saturated rings. The van der Waals surface area contributed by atoms with E-state index < -0.39 is 0 Å². The Balaban J connectivity index is 2.70. The van der Waals surface area contributed by atoms with Crippen molar-refractivity contribution in [3.8, 4) is 6.07 Å². The van der Waals surface area contributed by atoms with Gasteiger partial charge in [0.05, 0.1) is 12.5 Å². The molecule has 1 rings (SSSR count). The molecule has 0 spiro atoms. The molecule has 0 atom stereocenters. The van der Waals surface area contributed by atoms with Crippen molar-refractivity contribution < 1.29 is 4.79 Å². The fraction of sp³-hybridized carbons (Fsp3) is 0.429. The van der Waals surface area contributed by atoms with Crippen molar-refractivity contribution in [1.29, 1.82) is 5.26 Å². The fourth-order valence-corrected chi connectivity index (χ4v) is 1.68. The van der Waals surface area contributed by atoms with Gasteiger partial charge in [0.15, 0.2) is 0 Å². The molecule has 4 nitrogen and oxygen atoms in total. The maximum atomic E-state index is 12.1. The number of amides is 2. The number of anilines is 1. The summed E-state index contributed by atoms with van der Waals surface area (Å²) in [7, 11) is 0. The third-order valence-electron chi connectivity index (χ3n) is 2.62. The van der Waals surface area contributed by atoms with Gasteiger partial charge in [-0.3, -0.25) is 0 Å². The van der Waals surface area contributed by atoms with Crippen LogP contribution in [0.5, 0.6) is 0 Å². The molecule has 0 aliphatic carbocycles. The van der Waals surface area contributed by atoms with E-state index in [4.69, 9.17) is 5.26 Å². The van der Waals surface area contributed by atoms with E-state index in [2.05, 4.69) is 11.4 Å². The highest BCUT2D eigenvalue weighted by Crippen LogP contribution is 2.11. The van der Waals surface area contributed by atoms with Crippen LogP contribution in [0.4, 0.5) is 10.5 Å². The fourth-order valence-electron chi connectivity index (χ4n) is 1.68. The molecule has 96 valence electrons. The van der Waals surface area contributed by atoms with Crippen LogP contribution < -0.4 is 5.32 Å². The predicted octanol–water partition coefficient (Wildman–Crippen LogP) is 3.15. The number of aryl methyl sites for hydroxylation is 1. The molecule has 18 heavy (non-hydrogen) atoms. The molecule has 1 N–H and O–H groups in total. The van der Waals surface area contributed by atoms with Crippen molar-refractivity contribution in [2.45, 2.75) is 33.2 Å². The molecule has 1 aromatic rings. The maximum absolute atomic E-state index is 12.1. The predicted molar refractivity (Wildman–Crippen MR) is 72.3 cm³/mol. The number of nitrogens with one attached hydrogen (secondary N) is 1. The van der Waals surface area contributed by atoms with Crippen LogP contribution in [-0.4, -0.2) is 23.5 Å². The second-order valence-electron chi connectivity index (χ2n) is 4.49. The van der Waals surface area contributed by atoms with Crippen LogP contribution in [-0.2, 0) is 0 Å². The highest BCUT2D eigenvalue weighted by Gasteiger charge is 2.16. The number of benzene rings is 1. The van der Waals surface area contributed by atoms with Crippen LogP contribution in [0.3, 0.4) is 0 Å². The van der Waals surface area contributed by atoms with Crippen LogP contribution in [0, 0.1) is 18.3 Å². The second-order valence-corrected chi connectivity index (χ2v) is 4.49. The summed E-state index contributed by atoms with van der Waals surface area (Å²) in [6, 6.07) is 9.62. The molecule has 0 unspecified atom stereocenters. The Morgan fingerprint density at radius 1 is 1.50 bits per heavy atom. The number of carbonyl (C=O) groups is 1. The third kappa shape index (κ3) is 4.10. The summed E-state index contributed by atoms with van der Waals surface area (Å²) in [6.45, 7) is 6.30. The average Bonchev–Trinajstić information content (AvgIpc) is 2.29. The number of rotatable bonds is 4. The van der Waals surface area contributed by atoms with Gasteiger partial charge in [0, 0.05) is 18.3 Å². The second kappa shape index (κ2) is 6.65. The minimum Gasteiger partial charge on any atom is -0.321 e. The Morgan fingerprint density at radius 3 is 2.78 bits per heavy atom. The summed E-state index contributed by atoms with van der Waals surface area (Å²) in [6.07, 6.45) is 0.347. The van der Waals surface area contributed by atoms with Crippen LogP contribution in [0.25, 0.3) is 0 Å². The lowest BCUT2D eigenvalue weighted by Gasteiger charge is -2.26. The van der Waals surface area contributed by atoms with Crippen LogP contribution in [0.1, 0.15) is 25.8 Å². The maximum Gasteiger partial charge on any atom is 0.322 e. The normalized spacial score (nSPS) is 9.94. The molecule has 0 aromatic heterocycles. The zero-order valence-corrected chi connectivity index (χ0v) is 11.1. The Labute approximate surface area is 108 Å². The Bertz CT molecular complexity index is 449. The molecular formula is C14H19N3O. The number of hydrogen-bond acceptors (Lipinski definition) is 2. The van der Waals surface area contributed by atoms with Crippen LogP contribution in [0.15, 0.2) is 24.3 Å². The molecule has 0 aliphatic heterocycles. The van der Waals surface area contributed by atoms with Gasteiger partial charge in [0.1, 0.15) is 0 Å². The van der Waals surface area contributed by atoms with Gasteiger partial charge < -0.3 is 10.2 Å². The average molecular weight is 245 g/mol. The molecule has 0 bridgehead atoms. The summed E-state index contributed by atoms with van der Waals surface area (Å²) in [5, 5.41) is 11.4. The van der Waals surface area contributed by atoms with Gasteiger partial charge in [0.2, 0.25) is 0 Å². The van der Waals surface area contributed by atoms with Crippen LogP contribution in [0.2, 0.25) is 0 Å². The third-order valence-corrected chi connectivity index (χ3v) is 2.62. The largest absolute Gasteiger partial charge is 0.322 e. The zero-order chi connectivity index (χ0) is 13.5. The van der Waals surface area contributed by atoms with Gasteiger partial charge in [-0.2, -0.15) is 5.26 Å². The molecule has 4 heteroatoms. The summed E-state index contributed by atoms with van der Waals surface area (Å²) in [5.41, 5.74) is 1.88. The minimum absolute atomic E-state index is 0.0724. The molecule has 0 radical (unpaired) electrons. The van der Waals surface area contributed by atoms with Gasteiger partial charge in [-0.05, 0) is 38.5 Å². The van der Waals surface area contributed by atoms with E-state index in [1.807, 2.05) is 45.0 Å². The number of urea groups is 1. The molecular weight excluding hydrogens is 226 g/mol. The van der Waals surface area contributed by atoms with Gasteiger partial charge in [-0.25, -0.2) is 4.79 Å². The Hall–Kier alpha value is -2.02. The highest BCUT2D eigenvalue weighted by atomic mass is 16.2. The molecule has 2 amide bonds. The summed E-state index contributed by atoms with van der Waals surface area (Å²) in [4.78, 5) is 13.7. The Kier molecular flexibility index (Phi) is 5.19. The van der Waals surface area contributed by atoms with Crippen molar-refractivity contribution in [2.75, 3.05) is 11.9 Å². The van der Waals surface area contributed by atoms with Crippen molar-refractivity contribution in [1.82, 2.24) is 4.90 Å². The SMILES string of the molecule is Cc1cccc(NC(=O)N(CCC#N)C(C)C)c1. The molecule has 1 aromatic carbocycles. The van der Waals surface area contributed by atoms with E-state index in [1.54, 1.807) is 4.90 Å². The molecule has 0 saturated carbocycles. The number of nitrogens with zero attached hydrogens (tertiary/aromatic N) is 2. The topological polar surface area (TPSA) is 56.1 Å². The van der Waals surface area contributed by atoms with Crippen molar-refractivity contribution in [2.24, 2.45) is 0 Å². The molecule has 0 saturated heterocycles. The number of nitriles is 1. The van der Waals surface area contributed by atoms with E-state index in [0.717, 1.165) is 11.3 Å². The number of carbonyl (C=O) groups excluding carboxylic acids is 1. The first-order chi connectivity index (χ1) is 8.54. The first-order valence-electron chi connectivity index (χ1n) is 6.06. The van der Waals surface area contributed by atoms with Gasteiger partial charge >= 0.3 is 6.03 Å². The minimum atomic E-state index is -0.161. The zero-order valence-electron chi connectivity index (χ0n) is 11.1. The number of hydrogen-bond donors (Lipinski definition) is 1. The van der Waals surface area contributed by atoms with E-state index in [0.29, 0.717) is 13.0 Å². The lowest BCUT2D eigenvalue weighted by atomic mass is 10.2. The van der Waals surface area contributed by atoms with Crippen molar-refractivity contribution in [3.63, 3.8) is 0 Å². The lowest BCUT2D eigenvalue weighted by Crippen LogP contribution is -2.40. The summed E-state index contributed by atoms with van der Waals surface area (Å²) >= 11 is 0. The molecule has 0 aliphatic rings. The van der Waals surface area contributed by atoms with Crippen molar-refractivity contribution >= 4 is 11.7 Å². The van der Waals surface area contributed by atoms with E-state index >= 15 is 0 Å². The lowest BCUT2D eigenvalue weighted by molar-refractivity contribution is 0.198. The Morgan fingerprint density at radius 2 is 2.22 bits per heavy atom. The summed E-state index contributed by atoms with van der Waals surface area (Å²) < 4.78 is 0. The van der Waals surface area contributed by atoms with Crippen molar-refractivity contribution in [3.05, 3.63) is 29.8 Å². The van der Waals surface area contributed by atoms with Gasteiger partial charge in [0.25, 0.3) is 0 Å². The van der Waals surface area contributed by atoms with Crippen LogP contribution >= 0.6 is 0 Å². The van der Waals surface area contributed by atoms with E-state index in [-0.39, 0.29) is 12.1 Å². The summed E-state index contributed by atoms with van der Waals surface area (Å²) in [5.74, 6) is 0. The van der Waals surface area contributed by atoms with E-state index in [9.17, 15) is 4.79 Å². The quantitative estimate of drug-likeness (QED) is 0.885. The van der Waals surface area contributed by atoms with E-state index in [1.165, 1.54) is 0 Å². The first kappa shape index (κ1) is 14.0. The highest BCUT2D eigenvalue weighted by molar-refractivity contribution is 5.89. The smallest absolute Gasteiger partial charge is 0.321 e. The standard InChI is InChI=1S/C14H19N3O/c1-11(2)17(9-5-8-15)14(18)16-13-7-4-6-12(3)10-13/h4,6-7,10-11H,5,9H2,1-3H3,(H,16,18).